The molecule has 0 aliphatic rings. The fourth-order valence-electron chi connectivity index (χ4n) is 2.20. The van der Waals surface area contributed by atoms with Crippen LogP contribution in [0.3, 0.4) is 0 Å². The molecule has 0 fully saturated rings. The summed E-state index contributed by atoms with van der Waals surface area (Å²) in [5, 5.41) is 3.14. The highest BCUT2D eigenvalue weighted by Gasteiger charge is 2.09. The van der Waals surface area contributed by atoms with Crippen molar-refractivity contribution in [1.29, 1.82) is 0 Å². The molecule has 0 spiro atoms. The second-order valence-corrected chi connectivity index (χ2v) is 4.53. The molecule has 2 nitrogen and oxygen atoms in total. The zero-order valence-corrected chi connectivity index (χ0v) is 9.89. The van der Waals surface area contributed by atoms with Gasteiger partial charge in [0, 0.05) is 27.5 Å². The Kier molecular flexibility index (Phi) is 1.95. The Morgan fingerprint density at radius 1 is 1.12 bits per heavy atom. The highest BCUT2D eigenvalue weighted by molar-refractivity contribution is 6.32. The van der Waals surface area contributed by atoms with Crippen LogP contribution in [0.4, 0.5) is 0 Å². The van der Waals surface area contributed by atoms with E-state index in [9.17, 15) is 0 Å². The Hall–Kier alpha value is -1.54. The number of rotatable bonds is 0. The third-order valence-corrected chi connectivity index (χ3v) is 3.20. The fraction of sp³-hybridized carbons (Fsp3) is 0.154. The monoisotopic (exact) mass is 230 g/mol. The minimum atomic E-state index is 0.778. The summed E-state index contributed by atoms with van der Waals surface area (Å²) in [5.41, 5.74) is 4.43. The Labute approximate surface area is 98.3 Å². The van der Waals surface area contributed by atoms with Gasteiger partial charge in [-0.25, -0.2) is 0 Å². The molecule has 0 saturated carbocycles. The van der Waals surface area contributed by atoms with Gasteiger partial charge in [-0.15, -0.1) is 0 Å². The summed E-state index contributed by atoms with van der Waals surface area (Å²) in [6, 6.07) is 6.00. The normalized spacial score (nSPS) is 11.4. The molecular weight excluding hydrogens is 220 g/mol. The number of hydrogen-bond acceptors (Lipinski definition) is 1. The maximum absolute atomic E-state index is 6.09. The van der Waals surface area contributed by atoms with E-state index in [2.05, 4.69) is 16.9 Å². The maximum atomic E-state index is 6.09. The summed E-state index contributed by atoms with van der Waals surface area (Å²) in [5.74, 6) is 0. The van der Waals surface area contributed by atoms with E-state index >= 15 is 0 Å². The van der Waals surface area contributed by atoms with Gasteiger partial charge in [0.2, 0.25) is 0 Å². The van der Waals surface area contributed by atoms with Crippen LogP contribution in [0.2, 0.25) is 5.02 Å². The highest BCUT2D eigenvalue weighted by Crippen LogP contribution is 2.30. The molecule has 0 amide bonds. The van der Waals surface area contributed by atoms with E-state index in [1.807, 2.05) is 31.3 Å². The predicted octanol–water partition coefficient (Wildman–Crippen LogP) is 3.99. The van der Waals surface area contributed by atoms with E-state index in [4.69, 9.17) is 11.6 Å². The third-order valence-electron chi connectivity index (χ3n) is 2.98. The minimum Gasteiger partial charge on any atom is -0.353 e. The molecule has 0 aliphatic carbocycles. The first-order valence-electron chi connectivity index (χ1n) is 5.20. The van der Waals surface area contributed by atoms with Crippen LogP contribution in [0.5, 0.6) is 0 Å². The van der Waals surface area contributed by atoms with Crippen molar-refractivity contribution in [2.75, 3.05) is 0 Å². The molecule has 3 heteroatoms. The lowest BCUT2D eigenvalue weighted by Gasteiger charge is -1.97. The van der Waals surface area contributed by atoms with E-state index in [1.165, 1.54) is 10.8 Å². The average molecular weight is 231 g/mol. The van der Waals surface area contributed by atoms with Crippen molar-refractivity contribution in [3.05, 3.63) is 40.7 Å². The fourth-order valence-corrected chi connectivity index (χ4v) is 2.47. The Balaban J connectivity index is 2.61. The van der Waals surface area contributed by atoms with Gasteiger partial charge in [-0.1, -0.05) is 11.6 Å². The molecule has 2 aromatic heterocycles. The first-order chi connectivity index (χ1) is 7.66. The number of fused-ring (bicyclic) bond motifs is 3. The van der Waals surface area contributed by atoms with Crippen molar-refractivity contribution < 1.29 is 0 Å². The summed E-state index contributed by atoms with van der Waals surface area (Å²) in [6.45, 7) is 4.07. The summed E-state index contributed by atoms with van der Waals surface area (Å²) in [6.07, 6.45) is 1.83. The van der Waals surface area contributed by atoms with Gasteiger partial charge in [0.25, 0.3) is 0 Å². The predicted molar refractivity (Wildman–Crippen MR) is 68.1 cm³/mol. The second kappa shape index (κ2) is 3.22. The highest BCUT2D eigenvalue weighted by atomic mass is 35.5. The molecule has 80 valence electrons. The lowest BCUT2D eigenvalue weighted by Crippen LogP contribution is -1.80. The molecular formula is C13H11ClN2. The Morgan fingerprint density at radius 2 is 1.94 bits per heavy atom. The van der Waals surface area contributed by atoms with E-state index in [-0.39, 0.29) is 0 Å². The SMILES string of the molecule is Cc1cc(Cl)cc2c1[nH]c1c(C)nccc12. The van der Waals surface area contributed by atoms with E-state index in [1.54, 1.807) is 0 Å². The Morgan fingerprint density at radius 3 is 2.75 bits per heavy atom. The van der Waals surface area contributed by atoms with Crippen LogP contribution in [0.15, 0.2) is 24.4 Å². The van der Waals surface area contributed by atoms with Crippen LogP contribution in [0.1, 0.15) is 11.3 Å². The third kappa shape index (κ3) is 1.23. The van der Waals surface area contributed by atoms with Crippen molar-refractivity contribution in [2.45, 2.75) is 13.8 Å². The molecule has 2 heterocycles. The molecule has 0 bridgehead atoms. The molecule has 0 atom stereocenters. The zero-order valence-electron chi connectivity index (χ0n) is 9.13. The number of halogens is 1. The van der Waals surface area contributed by atoms with Gasteiger partial charge in [0.15, 0.2) is 0 Å². The van der Waals surface area contributed by atoms with Crippen LogP contribution in [0, 0.1) is 13.8 Å². The molecule has 3 rings (SSSR count). The minimum absolute atomic E-state index is 0.778. The van der Waals surface area contributed by atoms with Crippen LogP contribution in [0.25, 0.3) is 21.8 Å². The lowest BCUT2D eigenvalue weighted by atomic mass is 10.1. The van der Waals surface area contributed by atoms with Gasteiger partial charge in [-0.2, -0.15) is 0 Å². The number of aromatic nitrogens is 2. The van der Waals surface area contributed by atoms with E-state index in [0.29, 0.717) is 0 Å². The summed E-state index contributed by atoms with van der Waals surface area (Å²) >= 11 is 6.09. The quantitative estimate of drug-likeness (QED) is 0.622. The van der Waals surface area contributed by atoms with Crippen molar-refractivity contribution in [1.82, 2.24) is 9.97 Å². The van der Waals surface area contributed by atoms with Gasteiger partial charge >= 0.3 is 0 Å². The van der Waals surface area contributed by atoms with E-state index < -0.39 is 0 Å². The number of nitrogens with zero attached hydrogens (tertiary/aromatic N) is 1. The number of aryl methyl sites for hydroxylation is 2. The molecule has 1 aromatic carbocycles. The number of benzene rings is 1. The summed E-state index contributed by atoms with van der Waals surface area (Å²) in [7, 11) is 0. The topological polar surface area (TPSA) is 28.7 Å². The summed E-state index contributed by atoms with van der Waals surface area (Å²) < 4.78 is 0. The molecule has 16 heavy (non-hydrogen) atoms. The number of nitrogens with one attached hydrogen (secondary N) is 1. The standard InChI is InChI=1S/C13H11ClN2/c1-7-5-9(14)6-11-10-3-4-15-8(2)13(10)16-12(7)11/h3-6,16H,1-2H3. The first-order valence-corrected chi connectivity index (χ1v) is 5.58. The van der Waals surface area contributed by atoms with Crippen molar-refractivity contribution in [3.63, 3.8) is 0 Å². The lowest BCUT2D eigenvalue weighted by molar-refractivity contribution is 1.22. The number of hydrogen-bond donors (Lipinski definition) is 1. The molecule has 0 unspecified atom stereocenters. The number of aromatic amines is 1. The average Bonchev–Trinajstić information content (AvgIpc) is 2.59. The van der Waals surface area contributed by atoms with Crippen LogP contribution in [-0.4, -0.2) is 9.97 Å². The van der Waals surface area contributed by atoms with Crippen LogP contribution in [-0.2, 0) is 0 Å². The van der Waals surface area contributed by atoms with Crippen LogP contribution < -0.4 is 0 Å². The summed E-state index contributed by atoms with van der Waals surface area (Å²) in [4.78, 5) is 7.71. The van der Waals surface area contributed by atoms with E-state index in [0.717, 1.165) is 27.3 Å². The largest absolute Gasteiger partial charge is 0.353 e. The van der Waals surface area contributed by atoms with Gasteiger partial charge in [0.05, 0.1) is 11.2 Å². The molecule has 1 N–H and O–H groups in total. The van der Waals surface area contributed by atoms with Crippen molar-refractivity contribution >= 4 is 33.4 Å². The maximum Gasteiger partial charge on any atom is 0.0681 e. The smallest absolute Gasteiger partial charge is 0.0681 e. The molecule has 0 aliphatic heterocycles. The first kappa shape index (κ1) is 9.67. The zero-order chi connectivity index (χ0) is 11.3. The van der Waals surface area contributed by atoms with Gasteiger partial charge < -0.3 is 4.98 Å². The molecule has 0 radical (unpaired) electrons. The second-order valence-electron chi connectivity index (χ2n) is 4.09. The van der Waals surface area contributed by atoms with Gasteiger partial charge in [-0.3, -0.25) is 4.98 Å². The number of H-pyrrole nitrogens is 1. The van der Waals surface area contributed by atoms with Gasteiger partial charge in [-0.05, 0) is 37.6 Å². The number of pyridine rings is 1. The van der Waals surface area contributed by atoms with Crippen molar-refractivity contribution in [3.8, 4) is 0 Å². The Bertz CT molecular complexity index is 698. The van der Waals surface area contributed by atoms with Crippen molar-refractivity contribution in [2.24, 2.45) is 0 Å². The molecule has 3 aromatic rings. The van der Waals surface area contributed by atoms with Gasteiger partial charge in [0.1, 0.15) is 0 Å². The van der Waals surface area contributed by atoms with Crippen LogP contribution >= 0.6 is 11.6 Å². The molecule has 0 saturated heterocycles.